The fourth-order valence-corrected chi connectivity index (χ4v) is 3.97. The molecule has 1 aromatic heterocycles. The van der Waals surface area contributed by atoms with Crippen molar-refractivity contribution in [2.45, 2.75) is 12.1 Å². The van der Waals surface area contributed by atoms with Crippen LogP contribution in [0.4, 0.5) is 5.69 Å². The van der Waals surface area contributed by atoms with E-state index in [-0.39, 0.29) is 5.91 Å². The summed E-state index contributed by atoms with van der Waals surface area (Å²) in [5.41, 5.74) is 4.06. The molecule has 0 aliphatic carbocycles. The SMILES string of the molecule is O=C1Nc2ccccc2C12NN=C(Cc1nc3ccccc3s1)O2. The summed E-state index contributed by atoms with van der Waals surface area (Å²) >= 11 is 1.60. The smallest absolute Gasteiger partial charge is 0.304 e. The minimum atomic E-state index is -1.26. The van der Waals surface area contributed by atoms with Crippen LogP contribution >= 0.6 is 11.3 Å². The number of rotatable bonds is 2. The Balaban J connectivity index is 1.43. The lowest BCUT2D eigenvalue weighted by atomic mass is 10.1. The zero-order chi connectivity index (χ0) is 16.1. The van der Waals surface area contributed by atoms with Gasteiger partial charge in [0.05, 0.1) is 27.9 Å². The van der Waals surface area contributed by atoms with Crippen molar-refractivity contribution in [2.24, 2.45) is 5.10 Å². The molecule has 1 unspecified atom stereocenters. The van der Waals surface area contributed by atoms with Crippen LogP contribution in [0.1, 0.15) is 10.6 Å². The first-order chi connectivity index (χ1) is 11.7. The summed E-state index contributed by atoms with van der Waals surface area (Å²) in [5, 5.41) is 7.96. The van der Waals surface area contributed by atoms with Gasteiger partial charge in [-0.25, -0.2) is 4.98 Å². The Bertz CT molecular complexity index is 980. The lowest BCUT2D eigenvalue weighted by molar-refractivity contribution is -0.133. The number of benzene rings is 2. The van der Waals surface area contributed by atoms with Crippen molar-refractivity contribution in [1.82, 2.24) is 10.4 Å². The number of anilines is 1. The molecule has 3 heterocycles. The maximum Gasteiger partial charge on any atom is 0.304 e. The van der Waals surface area contributed by atoms with Crippen LogP contribution in [0.15, 0.2) is 53.6 Å². The van der Waals surface area contributed by atoms with Crippen LogP contribution in [-0.2, 0) is 21.7 Å². The summed E-state index contributed by atoms with van der Waals surface area (Å²) in [6, 6.07) is 15.4. The van der Waals surface area contributed by atoms with Crippen LogP contribution in [0, 0.1) is 0 Å². The molecule has 2 aliphatic heterocycles. The highest BCUT2D eigenvalue weighted by atomic mass is 32.1. The van der Waals surface area contributed by atoms with Crippen LogP contribution in [0.3, 0.4) is 0 Å². The predicted octanol–water partition coefficient (Wildman–Crippen LogP) is 2.58. The Morgan fingerprint density at radius 1 is 1.12 bits per heavy atom. The van der Waals surface area contributed by atoms with E-state index in [0.29, 0.717) is 12.3 Å². The standard InChI is InChI=1S/C17H12N4O2S/c22-16-17(10-5-1-2-6-11(10)19-16)21-20-14(23-17)9-15-18-12-7-3-4-8-13(12)24-15/h1-8,21H,9H2,(H,19,22). The largest absolute Gasteiger partial charge is 0.438 e. The summed E-state index contributed by atoms with van der Waals surface area (Å²) in [6.45, 7) is 0. The number of fused-ring (bicyclic) bond motifs is 3. The molecule has 0 radical (unpaired) electrons. The van der Waals surface area contributed by atoms with Crippen molar-refractivity contribution in [3.8, 4) is 0 Å². The summed E-state index contributed by atoms with van der Waals surface area (Å²) in [4.78, 5) is 17.0. The molecule has 7 heteroatoms. The number of hydrazone groups is 1. The van der Waals surface area contributed by atoms with Crippen LogP contribution in [0.2, 0.25) is 0 Å². The number of amides is 1. The van der Waals surface area contributed by atoms with E-state index in [2.05, 4.69) is 20.8 Å². The monoisotopic (exact) mass is 336 g/mol. The van der Waals surface area contributed by atoms with Gasteiger partial charge in [-0.05, 0) is 18.2 Å². The van der Waals surface area contributed by atoms with Gasteiger partial charge in [-0.1, -0.05) is 30.3 Å². The zero-order valence-electron chi connectivity index (χ0n) is 12.4. The van der Waals surface area contributed by atoms with E-state index in [1.807, 2.05) is 48.5 Å². The summed E-state index contributed by atoms with van der Waals surface area (Å²) in [6.07, 6.45) is 0.448. The molecule has 1 amide bonds. The van der Waals surface area contributed by atoms with Gasteiger partial charge in [0.1, 0.15) is 5.01 Å². The number of carbonyl (C=O) groups excluding carboxylic acids is 1. The molecular formula is C17H12N4O2S. The van der Waals surface area contributed by atoms with Gasteiger partial charge in [0.2, 0.25) is 5.90 Å². The highest BCUT2D eigenvalue weighted by Gasteiger charge is 2.53. The number of nitrogens with one attached hydrogen (secondary N) is 2. The van der Waals surface area contributed by atoms with Gasteiger partial charge in [-0.15, -0.1) is 16.4 Å². The normalized spacial score (nSPS) is 21.3. The lowest BCUT2D eigenvalue weighted by Crippen LogP contribution is -2.44. The minimum absolute atomic E-state index is 0.258. The molecule has 1 spiro atoms. The first-order valence-corrected chi connectivity index (χ1v) is 8.34. The number of ether oxygens (including phenoxy) is 1. The molecule has 5 rings (SSSR count). The van der Waals surface area contributed by atoms with E-state index in [0.717, 1.165) is 26.5 Å². The Kier molecular flexibility index (Phi) is 2.69. The number of aromatic nitrogens is 1. The molecule has 3 aromatic rings. The first-order valence-electron chi connectivity index (χ1n) is 7.53. The predicted molar refractivity (Wildman–Crippen MR) is 91.7 cm³/mol. The van der Waals surface area contributed by atoms with E-state index >= 15 is 0 Å². The van der Waals surface area contributed by atoms with Gasteiger partial charge in [-0.2, -0.15) is 0 Å². The molecule has 2 N–H and O–H groups in total. The highest BCUT2D eigenvalue weighted by molar-refractivity contribution is 7.18. The zero-order valence-corrected chi connectivity index (χ0v) is 13.3. The number of hydrogen-bond donors (Lipinski definition) is 2. The van der Waals surface area contributed by atoms with Crippen molar-refractivity contribution in [2.75, 3.05) is 5.32 Å². The van der Waals surface area contributed by atoms with Gasteiger partial charge in [0.25, 0.3) is 5.91 Å². The van der Waals surface area contributed by atoms with E-state index in [1.54, 1.807) is 11.3 Å². The van der Waals surface area contributed by atoms with Gasteiger partial charge < -0.3 is 10.1 Å². The van der Waals surface area contributed by atoms with Crippen molar-refractivity contribution < 1.29 is 9.53 Å². The molecule has 0 bridgehead atoms. The minimum Gasteiger partial charge on any atom is -0.438 e. The van der Waals surface area contributed by atoms with Crippen LogP contribution < -0.4 is 10.7 Å². The number of carbonyl (C=O) groups is 1. The van der Waals surface area contributed by atoms with Crippen LogP contribution in [0.5, 0.6) is 0 Å². The van der Waals surface area contributed by atoms with E-state index < -0.39 is 5.72 Å². The Labute approximate surface area is 141 Å². The van der Waals surface area contributed by atoms with Crippen molar-refractivity contribution in [1.29, 1.82) is 0 Å². The van der Waals surface area contributed by atoms with Gasteiger partial charge in [-0.3, -0.25) is 10.2 Å². The molecule has 118 valence electrons. The molecular weight excluding hydrogens is 324 g/mol. The van der Waals surface area contributed by atoms with Crippen molar-refractivity contribution in [3.63, 3.8) is 0 Å². The summed E-state index contributed by atoms with van der Waals surface area (Å²) < 4.78 is 7.06. The number of para-hydroxylation sites is 2. The third kappa shape index (κ3) is 1.85. The van der Waals surface area contributed by atoms with E-state index in [4.69, 9.17) is 4.74 Å². The molecule has 2 aliphatic rings. The quantitative estimate of drug-likeness (QED) is 0.754. The number of thiazole rings is 1. The van der Waals surface area contributed by atoms with Crippen LogP contribution in [0.25, 0.3) is 10.2 Å². The van der Waals surface area contributed by atoms with Gasteiger partial charge in [0.15, 0.2) is 0 Å². The van der Waals surface area contributed by atoms with E-state index in [1.165, 1.54) is 0 Å². The first kappa shape index (κ1) is 13.5. The maximum atomic E-state index is 12.4. The Morgan fingerprint density at radius 3 is 2.88 bits per heavy atom. The van der Waals surface area contributed by atoms with E-state index in [9.17, 15) is 4.79 Å². The average molecular weight is 336 g/mol. The fourth-order valence-electron chi connectivity index (χ4n) is 3.01. The molecule has 2 aromatic carbocycles. The Morgan fingerprint density at radius 2 is 1.96 bits per heavy atom. The second kappa shape index (κ2) is 4.78. The van der Waals surface area contributed by atoms with Gasteiger partial charge >= 0.3 is 5.72 Å². The van der Waals surface area contributed by atoms with Crippen LogP contribution in [-0.4, -0.2) is 16.8 Å². The third-order valence-corrected chi connectivity index (χ3v) is 5.16. The summed E-state index contributed by atoms with van der Waals surface area (Å²) in [7, 11) is 0. The molecule has 24 heavy (non-hydrogen) atoms. The number of nitrogens with zero attached hydrogens (tertiary/aromatic N) is 2. The molecule has 0 saturated carbocycles. The molecule has 1 atom stereocenters. The molecule has 0 saturated heterocycles. The fraction of sp³-hybridized carbons (Fsp3) is 0.118. The maximum absolute atomic E-state index is 12.4. The number of hydrogen-bond acceptors (Lipinski definition) is 6. The van der Waals surface area contributed by atoms with Gasteiger partial charge in [0, 0.05) is 0 Å². The molecule has 0 fully saturated rings. The average Bonchev–Trinajstić information content (AvgIpc) is 3.26. The summed E-state index contributed by atoms with van der Waals surface area (Å²) in [5.74, 6) is 0.202. The second-order valence-corrected chi connectivity index (χ2v) is 6.77. The third-order valence-electron chi connectivity index (χ3n) is 4.12. The second-order valence-electron chi connectivity index (χ2n) is 5.65. The van der Waals surface area contributed by atoms with Crippen molar-refractivity contribution >= 4 is 39.0 Å². The van der Waals surface area contributed by atoms with Crippen molar-refractivity contribution in [3.05, 3.63) is 59.1 Å². The molecule has 6 nitrogen and oxygen atoms in total. The Hall–Kier alpha value is -2.93. The highest BCUT2D eigenvalue weighted by Crippen LogP contribution is 2.39. The topological polar surface area (TPSA) is 75.6 Å². The lowest BCUT2D eigenvalue weighted by Gasteiger charge is -2.20.